The van der Waals surface area contributed by atoms with Crippen LogP contribution in [0.4, 0.5) is 8.78 Å². The van der Waals surface area contributed by atoms with E-state index in [-0.39, 0.29) is 17.6 Å². The van der Waals surface area contributed by atoms with Crippen molar-refractivity contribution >= 4 is 22.6 Å². The van der Waals surface area contributed by atoms with Crippen LogP contribution in [0.1, 0.15) is 20.7 Å². The molecule has 1 aliphatic rings. The van der Waals surface area contributed by atoms with Gasteiger partial charge in [-0.2, -0.15) is 8.78 Å². The maximum atomic E-state index is 13.0. The molecule has 0 radical (unpaired) electrons. The van der Waals surface area contributed by atoms with E-state index in [9.17, 15) is 18.4 Å². The van der Waals surface area contributed by atoms with Crippen molar-refractivity contribution in [3.05, 3.63) is 77.9 Å². The maximum Gasteiger partial charge on any atom is 0.387 e. The molecule has 154 valence electrons. The minimum absolute atomic E-state index is 0.00653. The van der Waals surface area contributed by atoms with E-state index in [0.29, 0.717) is 37.3 Å². The number of ether oxygens (including phenoxy) is 1. The Morgan fingerprint density at radius 3 is 2.03 bits per heavy atom. The van der Waals surface area contributed by atoms with Crippen LogP contribution in [0.15, 0.2) is 66.7 Å². The number of carbonyl (C=O) groups is 2. The van der Waals surface area contributed by atoms with Crippen LogP contribution >= 0.6 is 0 Å². The zero-order chi connectivity index (χ0) is 21.1. The summed E-state index contributed by atoms with van der Waals surface area (Å²) in [5, 5.41) is 1.92. The standard InChI is InChI=1S/C23H20F2N2O3/c24-23(25)30-18-10-8-17(9-11-18)21(28)26-12-14-27(15-13-26)22(29)20-7-3-5-16-4-1-2-6-19(16)20/h1-11,23H,12-15H2. The Bertz CT molecular complexity index is 1060. The van der Waals surface area contributed by atoms with E-state index in [1.165, 1.54) is 24.3 Å². The smallest absolute Gasteiger partial charge is 0.387 e. The topological polar surface area (TPSA) is 49.9 Å². The first kappa shape index (κ1) is 19.8. The van der Waals surface area contributed by atoms with Gasteiger partial charge < -0.3 is 14.5 Å². The molecule has 0 N–H and O–H groups in total. The molecule has 4 rings (SSSR count). The van der Waals surface area contributed by atoms with Crippen molar-refractivity contribution in [1.82, 2.24) is 9.80 Å². The van der Waals surface area contributed by atoms with Crippen LogP contribution in [0.2, 0.25) is 0 Å². The molecule has 0 aliphatic carbocycles. The van der Waals surface area contributed by atoms with Gasteiger partial charge in [0.25, 0.3) is 11.8 Å². The molecule has 1 fully saturated rings. The molecule has 1 aliphatic heterocycles. The first-order valence-electron chi connectivity index (χ1n) is 9.64. The second kappa shape index (κ2) is 8.49. The Balaban J connectivity index is 1.41. The molecule has 7 heteroatoms. The molecule has 30 heavy (non-hydrogen) atoms. The van der Waals surface area contributed by atoms with Gasteiger partial charge in [-0.05, 0) is 41.1 Å². The zero-order valence-corrected chi connectivity index (χ0v) is 16.1. The van der Waals surface area contributed by atoms with Crippen molar-refractivity contribution in [1.29, 1.82) is 0 Å². The molecular formula is C23H20F2N2O3. The lowest BCUT2D eigenvalue weighted by molar-refractivity contribution is -0.0498. The summed E-state index contributed by atoms with van der Waals surface area (Å²) in [7, 11) is 0. The summed E-state index contributed by atoms with van der Waals surface area (Å²) in [6.07, 6.45) is 0. The van der Waals surface area contributed by atoms with E-state index < -0.39 is 6.61 Å². The Kier molecular flexibility index (Phi) is 5.61. The number of hydrogen-bond acceptors (Lipinski definition) is 3. The molecule has 0 unspecified atom stereocenters. The molecular weight excluding hydrogens is 390 g/mol. The summed E-state index contributed by atoms with van der Waals surface area (Å²) in [4.78, 5) is 29.1. The van der Waals surface area contributed by atoms with Crippen LogP contribution in [0, 0.1) is 0 Å². The second-order valence-corrected chi connectivity index (χ2v) is 7.01. The number of fused-ring (bicyclic) bond motifs is 1. The van der Waals surface area contributed by atoms with Crippen molar-refractivity contribution in [2.24, 2.45) is 0 Å². The Hall–Kier alpha value is -3.48. The molecule has 0 atom stereocenters. The first-order valence-corrected chi connectivity index (χ1v) is 9.64. The van der Waals surface area contributed by atoms with Gasteiger partial charge in [-0.3, -0.25) is 9.59 Å². The van der Waals surface area contributed by atoms with E-state index >= 15 is 0 Å². The summed E-state index contributed by atoms with van der Waals surface area (Å²) in [6, 6.07) is 19.0. The van der Waals surface area contributed by atoms with Gasteiger partial charge in [0.1, 0.15) is 5.75 Å². The lowest BCUT2D eigenvalue weighted by atomic mass is 10.0. The van der Waals surface area contributed by atoms with E-state index in [0.717, 1.165) is 10.8 Å². The normalized spacial score (nSPS) is 14.2. The van der Waals surface area contributed by atoms with E-state index in [1.54, 1.807) is 9.80 Å². The molecule has 3 aromatic carbocycles. The molecule has 2 amide bonds. The van der Waals surface area contributed by atoms with Gasteiger partial charge in [0.15, 0.2) is 0 Å². The molecule has 1 heterocycles. The SMILES string of the molecule is O=C(c1ccc(OC(F)F)cc1)N1CCN(C(=O)c2cccc3ccccc23)CC1. The summed E-state index contributed by atoms with van der Waals surface area (Å²) < 4.78 is 28.8. The Morgan fingerprint density at radius 1 is 0.767 bits per heavy atom. The minimum atomic E-state index is -2.90. The maximum absolute atomic E-state index is 13.0. The summed E-state index contributed by atoms with van der Waals surface area (Å²) in [5.74, 6) is -0.240. The summed E-state index contributed by atoms with van der Waals surface area (Å²) in [5.41, 5.74) is 1.05. The van der Waals surface area contributed by atoms with Crippen LogP contribution < -0.4 is 4.74 Å². The van der Waals surface area contributed by atoms with Gasteiger partial charge in [-0.1, -0.05) is 36.4 Å². The van der Waals surface area contributed by atoms with Gasteiger partial charge in [0.2, 0.25) is 0 Å². The highest BCUT2D eigenvalue weighted by molar-refractivity contribution is 6.07. The minimum Gasteiger partial charge on any atom is -0.435 e. The van der Waals surface area contributed by atoms with Crippen molar-refractivity contribution in [2.45, 2.75) is 6.61 Å². The third kappa shape index (κ3) is 4.10. The van der Waals surface area contributed by atoms with Crippen LogP contribution in [0.5, 0.6) is 5.75 Å². The average molecular weight is 410 g/mol. The number of amides is 2. The molecule has 0 aromatic heterocycles. The van der Waals surface area contributed by atoms with E-state index in [2.05, 4.69) is 4.74 Å². The van der Waals surface area contributed by atoms with Crippen LogP contribution in [0.3, 0.4) is 0 Å². The van der Waals surface area contributed by atoms with Crippen LogP contribution in [-0.2, 0) is 0 Å². The molecule has 3 aromatic rings. The number of carbonyl (C=O) groups excluding carboxylic acids is 2. The number of hydrogen-bond donors (Lipinski definition) is 0. The highest BCUT2D eigenvalue weighted by Crippen LogP contribution is 2.21. The number of piperazine rings is 1. The first-order chi connectivity index (χ1) is 14.5. The van der Waals surface area contributed by atoms with Gasteiger partial charge >= 0.3 is 6.61 Å². The van der Waals surface area contributed by atoms with Crippen molar-refractivity contribution in [3.63, 3.8) is 0 Å². The second-order valence-electron chi connectivity index (χ2n) is 7.01. The van der Waals surface area contributed by atoms with Crippen molar-refractivity contribution in [2.75, 3.05) is 26.2 Å². The molecule has 0 spiro atoms. The van der Waals surface area contributed by atoms with Crippen LogP contribution in [0.25, 0.3) is 10.8 Å². The van der Waals surface area contributed by atoms with Crippen LogP contribution in [-0.4, -0.2) is 54.4 Å². The largest absolute Gasteiger partial charge is 0.435 e. The third-order valence-electron chi connectivity index (χ3n) is 5.20. The highest BCUT2D eigenvalue weighted by Gasteiger charge is 2.26. The number of benzene rings is 3. The molecule has 5 nitrogen and oxygen atoms in total. The van der Waals surface area contributed by atoms with Crippen molar-refractivity contribution in [3.8, 4) is 5.75 Å². The lowest BCUT2D eigenvalue weighted by Crippen LogP contribution is -2.50. The monoisotopic (exact) mass is 410 g/mol. The number of alkyl halides is 2. The number of halogens is 2. The van der Waals surface area contributed by atoms with Gasteiger partial charge in [-0.15, -0.1) is 0 Å². The van der Waals surface area contributed by atoms with E-state index in [4.69, 9.17) is 0 Å². The molecule has 0 bridgehead atoms. The average Bonchev–Trinajstić information content (AvgIpc) is 2.78. The predicted molar refractivity (Wildman–Crippen MR) is 109 cm³/mol. The summed E-state index contributed by atoms with van der Waals surface area (Å²) >= 11 is 0. The predicted octanol–water partition coefficient (Wildman–Crippen LogP) is 4.04. The van der Waals surface area contributed by atoms with Gasteiger partial charge in [0.05, 0.1) is 0 Å². The van der Waals surface area contributed by atoms with Crippen molar-refractivity contribution < 1.29 is 23.1 Å². The van der Waals surface area contributed by atoms with E-state index in [1.807, 2.05) is 42.5 Å². The molecule has 0 saturated carbocycles. The zero-order valence-electron chi connectivity index (χ0n) is 16.1. The van der Waals surface area contributed by atoms with Gasteiger partial charge in [-0.25, -0.2) is 0 Å². The fraction of sp³-hybridized carbons (Fsp3) is 0.217. The fourth-order valence-corrected chi connectivity index (χ4v) is 3.66. The number of rotatable bonds is 4. The summed E-state index contributed by atoms with van der Waals surface area (Å²) in [6.45, 7) is -1.23. The Morgan fingerprint density at radius 2 is 1.37 bits per heavy atom. The lowest BCUT2D eigenvalue weighted by Gasteiger charge is -2.35. The highest BCUT2D eigenvalue weighted by atomic mass is 19.3. The fourth-order valence-electron chi connectivity index (χ4n) is 3.66. The third-order valence-corrected chi connectivity index (χ3v) is 5.20. The number of nitrogens with zero attached hydrogens (tertiary/aromatic N) is 2. The molecule has 1 saturated heterocycles. The Labute approximate surface area is 172 Å². The quantitative estimate of drug-likeness (QED) is 0.652. The van der Waals surface area contributed by atoms with Gasteiger partial charge in [0, 0.05) is 37.3 Å².